The lowest BCUT2D eigenvalue weighted by Crippen LogP contribution is -1.95. The summed E-state index contributed by atoms with van der Waals surface area (Å²) in [5, 5.41) is 8.55. The summed E-state index contributed by atoms with van der Waals surface area (Å²) in [5.74, 6) is 0. The molecule has 6 heteroatoms. The Hall–Kier alpha value is -2.27. The first-order valence-electron chi connectivity index (χ1n) is 6.16. The Bertz CT molecular complexity index is 797. The molecule has 0 atom stereocenters. The van der Waals surface area contributed by atoms with Gasteiger partial charge >= 0.3 is 0 Å². The van der Waals surface area contributed by atoms with E-state index in [0.717, 1.165) is 35.1 Å². The minimum Gasteiger partial charge on any atom is -0.314 e. The molecular weight excluding hydrogens is 276 g/mol. The number of hydrogen-bond acceptors (Lipinski definition) is 4. The summed E-state index contributed by atoms with van der Waals surface area (Å²) in [7, 11) is 0. The monoisotopic (exact) mass is 286 g/mol. The summed E-state index contributed by atoms with van der Waals surface area (Å²) in [4.78, 5) is 15.2. The van der Waals surface area contributed by atoms with Crippen LogP contribution in [-0.4, -0.2) is 26.0 Å². The van der Waals surface area contributed by atoms with Crippen molar-refractivity contribution in [1.82, 2.24) is 19.7 Å². The third kappa shape index (κ3) is 1.96. The molecule has 100 valence electrons. The number of halogens is 1. The second-order valence-electron chi connectivity index (χ2n) is 4.32. The first kappa shape index (κ1) is 12.7. The van der Waals surface area contributed by atoms with Gasteiger partial charge in [0.2, 0.25) is 0 Å². The van der Waals surface area contributed by atoms with Crippen LogP contribution < -0.4 is 0 Å². The summed E-state index contributed by atoms with van der Waals surface area (Å²) in [6.45, 7) is 2.80. The summed E-state index contributed by atoms with van der Waals surface area (Å²) < 4.78 is 1.92. The Morgan fingerprint density at radius 1 is 1.40 bits per heavy atom. The van der Waals surface area contributed by atoms with Gasteiger partial charge in [0.1, 0.15) is 5.52 Å². The summed E-state index contributed by atoms with van der Waals surface area (Å²) >= 11 is 6.07. The van der Waals surface area contributed by atoms with E-state index in [-0.39, 0.29) is 0 Å². The van der Waals surface area contributed by atoms with Gasteiger partial charge in [-0.15, -0.1) is 5.10 Å². The molecule has 0 saturated carbocycles. The number of aldehydes is 1. The van der Waals surface area contributed by atoms with Gasteiger partial charge in [0.15, 0.2) is 11.9 Å². The van der Waals surface area contributed by atoms with Crippen LogP contribution >= 0.6 is 11.6 Å². The highest BCUT2D eigenvalue weighted by Gasteiger charge is 2.11. The van der Waals surface area contributed by atoms with Gasteiger partial charge in [0.25, 0.3) is 0 Å². The fourth-order valence-corrected chi connectivity index (χ4v) is 2.33. The molecule has 0 aliphatic rings. The van der Waals surface area contributed by atoms with Crippen molar-refractivity contribution in [2.24, 2.45) is 0 Å². The number of imidazole rings is 1. The third-order valence-corrected chi connectivity index (χ3v) is 3.51. The van der Waals surface area contributed by atoms with E-state index in [9.17, 15) is 4.79 Å². The molecule has 0 bridgehead atoms. The number of nitrogens with zero attached hydrogens (tertiary/aromatic N) is 4. The van der Waals surface area contributed by atoms with Crippen LogP contribution in [0.5, 0.6) is 0 Å². The number of aromatic nitrogens is 4. The molecule has 0 fully saturated rings. The first-order valence-corrected chi connectivity index (χ1v) is 6.54. The zero-order valence-electron chi connectivity index (χ0n) is 10.7. The number of benzene rings is 1. The van der Waals surface area contributed by atoms with Gasteiger partial charge < -0.3 is 4.57 Å². The number of aryl methyl sites for hydroxylation is 1. The Morgan fingerprint density at radius 2 is 2.25 bits per heavy atom. The van der Waals surface area contributed by atoms with Crippen molar-refractivity contribution in [3.63, 3.8) is 0 Å². The topological polar surface area (TPSA) is 60.7 Å². The van der Waals surface area contributed by atoms with Crippen molar-refractivity contribution in [3.05, 3.63) is 41.3 Å². The maximum absolute atomic E-state index is 10.8. The van der Waals surface area contributed by atoms with Crippen LogP contribution in [0.15, 0.2) is 30.7 Å². The van der Waals surface area contributed by atoms with Crippen LogP contribution in [0, 0.1) is 0 Å². The van der Waals surface area contributed by atoms with Crippen LogP contribution in [0.25, 0.3) is 22.3 Å². The Labute approximate surface area is 120 Å². The summed E-state index contributed by atoms with van der Waals surface area (Å²) in [6.07, 6.45) is 4.13. The van der Waals surface area contributed by atoms with Gasteiger partial charge in [-0.25, -0.2) is 4.98 Å². The standard InChI is InChI=1S/C14H11ClN4O/c1-2-19-8-16-13-11(6-17-18-14(13)19)9-3-4-10(7-20)12(15)5-9/h3-8H,2H2,1H3. The normalized spacial score (nSPS) is 10.9. The van der Waals surface area contributed by atoms with Gasteiger partial charge in [0, 0.05) is 17.7 Å². The van der Waals surface area contributed by atoms with Gasteiger partial charge in [-0.3, -0.25) is 4.79 Å². The zero-order chi connectivity index (χ0) is 14.1. The molecule has 5 nitrogen and oxygen atoms in total. The van der Waals surface area contributed by atoms with E-state index in [1.807, 2.05) is 17.6 Å². The van der Waals surface area contributed by atoms with Crippen molar-refractivity contribution >= 4 is 29.1 Å². The molecule has 3 aromatic rings. The van der Waals surface area contributed by atoms with Crippen LogP contribution in [-0.2, 0) is 6.54 Å². The van der Waals surface area contributed by atoms with Crippen molar-refractivity contribution < 1.29 is 4.79 Å². The Balaban J connectivity index is 2.21. The molecule has 2 aromatic heterocycles. The van der Waals surface area contributed by atoms with Crippen LogP contribution in [0.1, 0.15) is 17.3 Å². The highest BCUT2D eigenvalue weighted by molar-refractivity contribution is 6.33. The lowest BCUT2D eigenvalue weighted by molar-refractivity contribution is 0.112. The number of hydrogen-bond donors (Lipinski definition) is 0. The van der Waals surface area contributed by atoms with E-state index >= 15 is 0 Å². The van der Waals surface area contributed by atoms with E-state index in [1.54, 1.807) is 24.7 Å². The number of fused-ring (bicyclic) bond motifs is 1. The van der Waals surface area contributed by atoms with Crippen LogP contribution in [0.2, 0.25) is 5.02 Å². The quantitative estimate of drug-likeness (QED) is 0.695. The molecule has 0 spiro atoms. The van der Waals surface area contributed by atoms with E-state index in [4.69, 9.17) is 11.6 Å². The molecule has 0 unspecified atom stereocenters. The predicted octanol–water partition coefficient (Wildman–Crippen LogP) is 2.98. The fraction of sp³-hybridized carbons (Fsp3) is 0.143. The lowest BCUT2D eigenvalue weighted by atomic mass is 10.1. The molecule has 0 saturated heterocycles. The summed E-state index contributed by atoms with van der Waals surface area (Å²) in [6, 6.07) is 5.26. The molecular formula is C14H11ClN4O. The van der Waals surface area contributed by atoms with Gasteiger partial charge in [-0.2, -0.15) is 5.10 Å². The van der Waals surface area contributed by atoms with Crippen LogP contribution in [0.3, 0.4) is 0 Å². The lowest BCUT2D eigenvalue weighted by Gasteiger charge is -2.04. The first-order chi connectivity index (χ1) is 9.74. The van der Waals surface area contributed by atoms with Crippen molar-refractivity contribution in [2.45, 2.75) is 13.5 Å². The Kier molecular flexibility index (Phi) is 3.20. The van der Waals surface area contributed by atoms with Crippen molar-refractivity contribution in [3.8, 4) is 11.1 Å². The number of carbonyl (C=O) groups is 1. The maximum Gasteiger partial charge on any atom is 0.183 e. The Morgan fingerprint density at radius 3 is 2.95 bits per heavy atom. The molecule has 1 aromatic carbocycles. The maximum atomic E-state index is 10.8. The predicted molar refractivity (Wildman–Crippen MR) is 76.8 cm³/mol. The number of rotatable bonds is 3. The van der Waals surface area contributed by atoms with E-state index in [0.29, 0.717) is 10.6 Å². The number of carbonyl (C=O) groups excluding carboxylic acids is 1. The molecule has 0 aliphatic carbocycles. The molecule has 0 N–H and O–H groups in total. The van der Waals surface area contributed by atoms with E-state index in [1.165, 1.54) is 0 Å². The van der Waals surface area contributed by atoms with Gasteiger partial charge in [-0.1, -0.05) is 17.7 Å². The highest BCUT2D eigenvalue weighted by Crippen LogP contribution is 2.28. The smallest absolute Gasteiger partial charge is 0.183 e. The minimum absolute atomic E-state index is 0.414. The van der Waals surface area contributed by atoms with Gasteiger partial charge in [0.05, 0.1) is 17.5 Å². The molecule has 0 radical (unpaired) electrons. The van der Waals surface area contributed by atoms with Gasteiger partial charge in [-0.05, 0) is 24.6 Å². The molecule has 0 aliphatic heterocycles. The second kappa shape index (κ2) is 5.02. The van der Waals surface area contributed by atoms with E-state index in [2.05, 4.69) is 15.2 Å². The average Bonchev–Trinajstić information content (AvgIpc) is 2.90. The molecule has 0 amide bonds. The van der Waals surface area contributed by atoms with Crippen molar-refractivity contribution in [2.75, 3.05) is 0 Å². The molecule has 3 rings (SSSR count). The van der Waals surface area contributed by atoms with Crippen molar-refractivity contribution in [1.29, 1.82) is 0 Å². The summed E-state index contributed by atoms with van der Waals surface area (Å²) in [5.41, 5.74) is 3.69. The minimum atomic E-state index is 0.414. The van der Waals surface area contributed by atoms with E-state index < -0.39 is 0 Å². The average molecular weight is 287 g/mol. The molecule has 2 heterocycles. The zero-order valence-corrected chi connectivity index (χ0v) is 11.5. The highest BCUT2D eigenvalue weighted by atomic mass is 35.5. The second-order valence-corrected chi connectivity index (χ2v) is 4.72. The third-order valence-electron chi connectivity index (χ3n) is 3.18. The van der Waals surface area contributed by atoms with Crippen LogP contribution in [0.4, 0.5) is 0 Å². The fourth-order valence-electron chi connectivity index (χ4n) is 2.11. The molecule has 20 heavy (non-hydrogen) atoms. The largest absolute Gasteiger partial charge is 0.314 e. The SMILES string of the molecule is CCn1cnc2c(-c3ccc(C=O)c(Cl)c3)cnnc21.